The van der Waals surface area contributed by atoms with Gasteiger partial charge in [0.25, 0.3) is 11.6 Å². The number of hydrazone groups is 1. The molecule has 1 atom stereocenters. The number of carbonyl (C=O) groups excluding carboxylic acids is 1. The van der Waals surface area contributed by atoms with Crippen LogP contribution in [0.2, 0.25) is 5.02 Å². The van der Waals surface area contributed by atoms with Gasteiger partial charge in [-0.1, -0.05) is 23.7 Å². The maximum absolute atomic E-state index is 13.5. The van der Waals surface area contributed by atoms with E-state index in [1.165, 1.54) is 42.6 Å². The monoisotopic (exact) mass is 369 g/mol. The van der Waals surface area contributed by atoms with Crippen LogP contribution in [0.3, 0.4) is 0 Å². The van der Waals surface area contributed by atoms with Gasteiger partial charge in [-0.15, -0.1) is 0 Å². The Balaban J connectivity index is 2.04. The lowest BCUT2D eigenvalue weighted by atomic mass is 10.0. The summed E-state index contributed by atoms with van der Waals surface area (Å²) in [7, 11) is 0. The molecule has 1 aromatic heterocycles. The SMILES string of the molecule is O=C(c1cccnc1)N1N=C(c2ccc(Cl)cc2)C[C@@]1(O)C(F)(F)F. The molecule has 1 aromatic carbocycles. The predicted octanol–water partition coefficient (Wildman–Crippen LogP) is 3.24. The molecule has 2 aromatic rings. The second-order valence-corrected chi connectivity index (χ2v) is 5.84. The molecule has 1 aliphatic rings. The molecule has 1 aliphatic heterocycles. The molecule has 0 unspecified atom stereocenters. The topological polar surface area (TPSA) is 65.8 Å². The summed E-state index contributed by atoms with van der Waals surface area (Å²) in [6.07, 6.45) is -3.50. The quantitative estimate of drug-likeness (QED) is 0.883. The number of aromatic nitrogens is 1. The standard InChI is InChI=1S/C16H11ClF3N3O2/c17-12-5-3-10(4-6-12)13-8-15(25,16(18,19)20)23(22-13)14(24)11-2-1-7-21-9-11/h1-7,9,25H,8H2/t15-/m1/s1. The summed E-state index contributed by atoms with van der Waals surface area (Å²) in [5.74, 6) is -1.10. The minimum absolute atomic E-state index is 0.0634. The van der Waals surface area contributed by atoms with E-state index in [0.29, 0.717) is 10.6 Å². The van der Waals surface area contributed by atoms with Crippen LogP contribution in [-0.4, -0.2) is 38.6 Å². The van der Waals surface area contributed by atoms with Crippen LogP contribution in [-0.2, 0) is 0 Å². The number of hydrogen-bond donors (Lipinski definition) is 1. The molecule has 3 rings (SSSR count). The van der Waals surface area contributed by atoms with Crippen molar-refractivity contribution in [1.82, 2.24) is 9.99 Å². The third-order valence-electron chi connectivity index (χ3n) is 3.72. The molecule has 9 heteroatoms. The van der Waals surface area contributed by atoms with Gasteiger partial charge in [0.15, 0.2) is 0 Å². The number of pyridine rings is 1. The van der Waals surface area contributed by atoms with E-state index in [1.54, 1.807) is 0 Å². The van der Waals surface area contributed by atoms with Gasteiger partial charge >= 0.3 is 6.18 Å². The summed E-state index contributed by atoms with van der Waals surface area (Å²) in [4.78, 5) is 16.1. The maximum Gasteiger partial charge on any atom is 0.438 e. The normalized spacial score (nSPS) is 20.5. The molecule has 1 N–H and O–H groups in total. The Bertz CT molecular complexity index is 825. The Morgan fingerprint density at radius 3 is 2.48 bits per heavy atom. The van der Waals surface area contributed by atoms with Crippen LogP contribution < -0.4 is 0 Å². The van der Waals surface area contributed by atoms with Crippen molar-refractivity contribution in [2.24, 2.45) is 5.10 Å². The van der Waals surface area contributed by atoms with Crippen LogP contribution in [0.15, 0.2) is 53.9 Å². The molecule has 0 saturated heterocycles. The Morgan fingerprint density at radius 2 is 1.92 bits per heavy atom. The predicted molar refractivity (Wildman–Crippen MR) is 84.0 cm³/mol. The van der Waals surface area contributed by atoms with Crippen LogP contribution in [0.25, 0.3) is 0 Å². The number of halogens is 4. The Kier molecular flexibility index (Phi) is 4.26. The first-order chi connectivity index (χ1) is 11.7. The molecule has 130 valence electrons. The lowest BCUT2D eigenvalue weighted by molar-refractivity contribution is -0.297. The lowest BCUT2D eigenvalue weighted by Gasteiger charge is -2.32. The summed E-state index contributed by atoms with van der Waals surface area (Å²) >= 11 is 5.77. The minimum atomic E-state index is -5.09. The minimum Gasteiger partial charge on any atom is -0.362 e. The zero-order valence-electron chi connectivity index (χ0n) is 12.5. The van der Waals surface area contributed by atoms with Crippen molar-refractivity contribution in [2.75, 3.05) is 0 Å². The number of aliphatic hydroxyl groups is 1. The van der Waals surface area contributed by atoms with Gasteiger partial charge in [0.05, 0.1) is 17.7 Å². The van der Waals surface area contributed by atoms with Gasteiger partial charge in [0.2, 0.25) is 0 Å². The Hall–Kier alpha value is -2.45. The maximum atomic E-state index is 13.5. The van der Waals surface area contributed by atoms with Crippen LogP contribution >= 0.6 is 11.6 Å². The number of carbonyl (C=O) groups is 1. The number of rotatable bonds is 2. The molecule has 5 nitrogen and oxygen atoms in total. The second kappa shape index (κ2) is 6.12. The van der Waals surface area contributed by atoms with E-state index in [-0.39, 0.29) is 16.3 Å². The van der Waals surface area contributed by atoms with E-state index in [9.17, 15) is 23.1 Å². The number of benzene rings is 1. The first-order valence-electron chi connectivity index (χ1n) is 7.09. The lowest BCUT2D eigenvalue weighted by Crippen LogP contribution is -2.56. The van der Waals surface area contributed by atoms with Crippen molar-refractivity contribution in [2.45, 2.75) is 18.3 Å². The fourth-order valence-electron chi connectivity index (χ4n) is 2.39. The highest BCUT2D eigenvalue weighted by atomic mass is 35.5. The van der Waals surface area contributed by atoms with Crippen LogP contribution in [0.5, 0.6) is 0 Å². The van der Waals surface area contributed by atoms with E-state index in [2.05, 4.69) is 10.1 Å². The molecule has 2 heterocycles. The van der Waals surface area contributed by atoms with Crippen molar-refractivity contribution >= 4 is 23.2 Å². The van der Waals surface area contributed by atoms with Crippen molar-refractivity contribution in [3.8, 4) is 0 Å². The zero-order valence-corrected chi connectivity index (χ0v) is 13.3. The number of hydrogen-bond acceptors (Lipinski definition) is 4. The number of nitrogens with zero attached hydrogens (tertiary/aromatic N) is 3. The zero-order chi connectivity index (χ0) is 18.2. The average molecular weight is 370 g/mol. The van der Waals surface area contributed by atoms with Gasteiger partial charge in [-0.2, -0.15) is 23.3 Å². The van der Waals surface area contributed by atoms with Crippen LogP contribution in [0.1, 0.15) is 22.3 Å². The van der Waals surface area contributed by atoms with Crippen LogP contribution in [0, 0.1) is 0 Å². The fourth-order valence-corrected chi connectivity index (χ4v) is 2.52. The second-order valence-electron chi connectivity index (χ2n) is 5.40. The van der Waals surface area contributed by atoms with Gasteiger partial charge in [0.1, 0.15) is 0 Å². The van der Waals surface area contributed by atoms with E-state index in [4.69, 9.17) is 11.6 Å². The number of alkyl halides is 3. The number of amides is 1. The van der Waals surface area contributed by atoms with Crippen molar-refractivity contribution in [3.63, 3.8) is 0 Å². The molecular formula is C16H11ClF3N3O2. The first kappa shape index (κ1) is 17.4. The Labute approximate surface area is 145 Å². The summed E-state index contributed by atoms with van der Waals surface area (Å²) in [5, 5.41) is 14.4. The smallest absolute Gasteiger partial charge is 0.362 e. The molecule has 0 saturated carbocycles. The van der Waals surface area contributed by atoms with E-state index in [0.717, 1.165) is 6.20 Å². The summed E-state index contributed by atoms with van der Waals surface area (Å²) in [6.45, 7) is 0. The molecule has 0 radical (unpaired) electrons. The van der Waals surface area contributed by atoms with E-state index in [1.807, 2.05) is 0 Å². The highest BCUT2D eigenvalue weighted by molar-refractivity contribution is 6.30. The summed E-state index contributed by atoms with van der Waals surface area (Å²) in [6, 6.07) is 8.60. The largest absolute Gasteiger partial charge is 0.438 e. The molecule has 0 bridgehead atoms. The molecule has 1 amide bonds. The molecular weight excluding hydrogens is 359 g/mol. The molecule has 0 spiro atoms. The van der Waals surface area contributed by atoms with Crippen molar-refractivity contribution < 1.29 is 23.1 Å². The van der Waals surface area contributed by atoms with Crippen molar-refractivity contribution in [3.05, 3.63) is 64.9 Å². The Morgan fingerprint density at radius 1 is 1.24 bits per heavy atom. The highest BCUT2D eigenvalue weighted by Gasteiger charge is 2.63. The van der Waals surface area contributed by atoms with Gasteiger partial charge in [-0.25, -0.2) is 0 Å². The molecule has 0 fully saturated rings. The van der Waals surface area contributed by atoms with Gasteiger partial charge in [0, 0.05) is 17.4 Å². The first-order valence-corrected chi connectivity index (χ1v) is 7.47. The van der Waals surface area contributed by atoms with Crippen LogP contribution in [0.4, 0.5) is 13.2 Å². The third kappa shape index (κ3) is 3.10. The van der Waals surface area contributed by atoms with E-state index >= 15 is 0 Å². The third-order valence-corrected chi connectivity index (χ3v) is 3.97. The molecule has 0 aliphatic carbocycles. The molecule has 25 heavy (non-hydrogen) atoms. The fraction of sp³-hybridized carbons (Fsp3) is 0.188. The summed E-state index contributed by atoms with van der Waals surface area (Å²) in [5.41, 5.74) is -3.30. The average Bonchev–Trinajstić information content (AvgIpc) is 2.94. The van der Waals surface area contributed by atoms with E-state index < -0.39 is 24.2 Å². The van der Waals surface area contributed by atoms with Gasteiger partial charge < -0.3 is 5.11 Å². The van der Waals surface area contributed by atoms with Crippen molar-refractivity contribution in [1.29, 1.82) is 0 Å². The van der Waals surface area contributed by atoms with Gasteiger partial charge in [-0.3, -0.25) is 9.78 Å². The van der Waals surface area contributed by atoms with Gasteiger partial charge in [-0.05, 0) is 29.8 Å². The highest BCUT2D eigenvalue weighted by Crippen LogP contribution is 2.42. The summed E-state index contributed by atoms with van der Waals surface area (Å²) < 4.78 is 40.4.